The second-order valence-electron chi connectivity index (χ2n) is 3.84. The van der Waals surface area contributed by atoms with Crippen LogP contribution in [0.1, 0.15) is 5.56 Å². The molecule has 0 spiro atoms. The van der Waals surface area contributed by atoms with Gasteiger partial charge in [0.1, 0.15) is 5.65 Å². The molecule has 2 heterocycles. The van der Waals surface area contributed by atoms with Crippen LogP contribution in [0.3, 0.4) is 0 Å². The molecule has 0 saturated carbocycles. The molecule has 2 aromatic heterocycles. The molecule has 90 valence electrons. The number of H-pyrrole nitrogens is 1. The summed E-state index contributed by atoms with van der Waals surface area (Å²) in [6, 6.07) is 3.84. The van der Waals surface area contributed by atoms with E-state index in [0.29, 0.717) is 13.0 Å². The van der Waals surface area contributed by atoms with E-state index in [-0.39, 0.29) is 5.91 Å². The summed E-state index contributed by atoms with van der Waals surface area (Å²) in [5.41, 5.74) is 1.81. The van der Waals surface area contributed by atoms with Crippen LogP contribution in [0.5, 0.6) is 0 Å². The quantitative estimate of drug-likeness (QED) is 0.655. The van der Waals surface area contributed by atoms with Crippen LogP contribution in [0.25, 0.3) is 11.0 Å². The molecule has 0 aliphatic heterocycles. The number of hydrogen-bond donors (Lipinski definition) is 3. The number of nitrogens with one attached hydrogen (secondary N) is 3. The summed E-state index contributed by atoms with van der Waals surface area (Å²) in [7, 11) is 1.86. The Balaban J connectivity index is 2.01. The first-order valence-corrected chi connectivity index (χ1v) is 5.63. The minimum Gasteiger partial charge on any atom is -0.355 e. The summed E-state index contributed by atoms with van der Waals surface area (Å²) in [6.45, 7) is 1.43. The molecule has 17 heavy (non-hydrogen) atoms. The molecule has 0 saturated heterocycles. The maximum absolute atomic E-state index is 11.7. The Kier molecular flexibility index (Phi) is 3.72. The summed E-state index contributed by atoms with van der Waals surface area (Å²) in [5.74, 6) is 0.0324. The standard InChI is InChI=1S/C12H16N4O/c1-13-5-6-14-11(17)7-9-8-16-12-10(9)3-2-4-15-12/h2-4,8,13H,5-7H2,1H3,(H,14,17)(H,15,16). The van der Waals surface area contributed by atoms with E-state index in [4.69, 9.17) is 0 Å². The molecule has 0 unspecified atom stereocenters. The van der Waals surface area contributed by atoms with Crippen molar-refractivity contribution in [3.8, 4) is 0 Å². The third kappa shape index (κ3) is 2.82. The van der Waals surface area contributed by atoms with E-state index in [0.717, 1.165) is 23.1 Å². The average Bonchev–Trinajstić information content (AvgIpc) is 2.73. The first-order valence-electron chi connectivity index (χ1n) is 5.63. The number of fused-ring (bicyclic) bond motifs is 1. The molecule has 0 radical (unpaired) electrons. The van der Waals surface area contributed by atoms with Gasteiger partial charge in [-0.3, -0.25) is 4.79 Å². The van der Waals surface area contributed by atoms with Gasteiger partial charge < -0.3 is 15.6 Å². The Morgan fingerprint density at radius 3 is 3.18 bits per heavy atom. The molecule has 0 fully saturated rings. The van der Waals surface area contributed by atoms with Gasteiger partial charge in [0, 0.05) is 30.9 Å². The fourth-order valence-corrected chi connectivity index (χ4v) is 1.72. The predicted molar refractivity (Wildman–Crippen MR) is 66.7 cm³/mol. The van der Waals surface area contributed by atoms with E-state index >= 15 is 0 Å². The van der Waals surface area contributed by atoms with Crippen molar-refractivity contribution >= 4 is 16.9 Å². The first-order chi connectivity index (χ1) is 8.31. The van der Waals surface area contributed by atoms with E-state index in [1.54, 1.807) is 6.20 Å². The summed E-state index contributed by atoms with van der Waals surface area (Å²) < 4.78 is 0. The van der Waals surface area contributed by atoms with Gasteiger partial charge in [0.25, 0.3) is 0 Å². The molecular weight excluding hydrogens is 216 g/mol. The zero-order chi connectivity index (χ0) is 12.1. The van der Waals surface area contributed by atoms with E-state index in [9.17, 15) is 4.79 Å². The first kappa shape index (κ1) is 11.6. The zero-order valence-electron chi connectivity index (χ0n) is 9.79. The third-order valence-electron chi connectivity index (χ3n) is 2.58. The van der Waals surface area contributed by atoms with Crippen LogP contribution < -0.4 is 10.6 Å². The van der Waals surface area contributed by atoms with Gasteiger partial charge in [-0.1, -0.05) is 0 Å². The Morgan fingerprint density at radius 2 is 2.35 bits per heavy atom. The maximum atomic E-state index is 11.7. The van der Waals surface area contributed by atoms with Crippen LogP contribution >= 0.6 is 0 Å². The number of hydrogen-bond acceptors (Lipinski definition) is 3. The van der Waals surface area contributed by atoms with Crippen molar-refractivity contribution < 1.29 is 4.79 Å². The summed E-state index contributed by atoms with van der Waals surface area (Å²) in [5, 5.41) is 6.84. The lowest BCUT2D eigenvalue weighted by molar-refractivity contribution is -0.120. The lowest BCUT2D eigenvalue weighted by atomic mass is 10.1. The van der Waals surface area contributed by atoms with Gasteiger partial charge >= 0.3 is 0 Å². The van der Waals surface area contributed by atoms with Crippen molar-refractivity contribution in [2.45, 2.75) is 6.42 Å². The van der Waals surface area contributed by atoms with Gasteiger partial charge in [0.15, 0.2) is 0 Å². The summed E-state index contributed by atoms with van der Waals surface area (Å²) in [4.78, 5) is 18.9. The Labute approximate surface area is 99.6 Å². The van der Waals surface area contributed by atoms with Crippen molar-refractivity contribution in [2.75, 3.05) is 20.1 Å². The molecule has 1 amide bonds. The van der Waals surface area contributed by atoms with Crippen LogP contribution in [0.2, 0.25) is 0 Å². The number of likely N-dealkylation sites (N-methyl/N-ethyl adjacent to an activating group) is 1. The summed E-state index contributed by atoms with van der Waals surface area (Å²) >= 11 is 0. The van der Waals surface area contributed by atoms with E-state index in [1.165, 1.54) is 0 Å². The molecule has 2 rings (SSSR count). The molecule has 0 atom stereocenters. The lowest BCUT2D eigenvalue weighted by Crippen LogP contribution is -2.31. The van der Waals surface area contributed by atoms with Gasteiger partial charge in [0.2, 0.25) is 5.91 Å². The average molecular weight is 232 g/mol. The van der Waals surface area contributed by atoms with Crippen molar-refractivity contribution in [3.05, 3.63) is 30.1 Å². The van der Waals surface area contributed by atoms with Crippen LogP contribution in [-0.2, 0) is 11.2 Å². The lowest BCUT2D eigenvalue weighted by Gasteiger charge is -2.03. The Hall–Kier alpha value is -1.88. The minimum atomic E-state index is 0.0324. The number of carbonyl (C=O) groups excluding carboxylic acids is 1. The monoisotopic (exact) mass is 232 g/mol. The smallest absolute Gasteiger partial charge is 0.224 e. The second kappa shape index (κ2) is 5.45. The largest absolute Gasteiger partial charge is 0.355 e. The van der Waals surface area contributed by atoms with E-state index in [2.05, 4.69) is 20.6 Å². The maximum Gasteiger partial charge on any atom is 0.224 e. The molecule has 2 aromatic rings. The normalized spacial score (nSPS) is 10.6. The van der Waals surface area contributed by atoms with Crippen molar-refractivity contribution in [2.24, 2.45) is 0 Å². The van der Waals surface area contributed by atoms with Crippen molar-refractivity contribution in [3.63, 3.8) is 0 Å². The van der Waals surface area contributed by atoms with Gasteiger partial charge in [-0.25, -0.2) is 4.98 Å². The molecule has 0 aromatic carbocycles. The predicted octanol–water partition coefficient (Wildman–Crippen LogP) is 0.441. The van der Waals surface area contributed by atoms with Gasteiger partial charge in [-0.15, -0.1) is 0 Å². The van der Waals surface area contributed by atoms with Crippen LogP contribution in [0, 0.1) is 0 Å². The zero-order valence-corrected chi connectivity index (χ0v) is 9.79. The number of aromatic amines is 1. The fraction of sp³-hybridized carbons (Fsp3) is 0.333. The highest BCUT2D eigenvalue weighted by Gasteiger charge is 2.08. The third-order valence-corrected chi connectivity index (χ3v) is 2.58. The van der Waals surface area contributed by atoms with Crippen LogP contribution in [-0.4, -0.2) is 36.0 Å². The number of nitrogens with zero attached hydrogens (tertiary/aromatic N) is 1. The highest BCUT2D eigenvalue weighted by atomic mass is 16.1. The number of aromatic nitrogens is 2. The number of amides is 1. The molecule has 5 nitrogen and oxygen atoms in total. The topological polar surface area (TPSA) is 69.8 Å². The second-order valence-corrected chi connectivity index (χ2v) is 3.84. The number of rotatable bonds is 5. The molecule has 0 aliphatic carbocycles. The SMILES string of the molecule is CNCCNC(=O)Cc1c[nH]c2ncccc12. The van der Waals surface area contributed by atoms with Crippen molar-refractivity contribution in [1.29, 1.82) is 0 Å². The Morgan fingerprint density at radius 1 is 1.47 bits per heavy atom. The highest BCUT2D eigenvalue weighted by Crippen LogP contribution is 2.15. The fourth-order valence-electron chi connectivity index (χ4n) is 1.72. The van der Waals surface area contributed by atoms with E-state index in [1.807, 2.05) is 25.4 Å². The molecule has 3 N–H and O–H groups in total. The molecule has 0 bridgehead atoms. The van der Waals surface area contributed by atoms with Gasteiger partial charge in [0.05, 0.1) is 6.42 Å². The van der Waals surface area contributed by atoms with Crippen LogP contribution in [0.4, 0.5) is 0 Å². The minimum absolute atomic E-state index is 0.0324. The number of pyridine rings is 1. The molecular formula is C12H16N4O. The van der Waals surface area contributed by atoms with Crippen LogP contribution in [0.15, 0.2) is 24.5 Å². The molecule has 5 heteroatoms. The highest BCUT2D eigenvalue weighted by molar-refractivity contribution is 5.86. The van der Waals surface area contributed by atoms with Gasteiger partial charge in [-0.2, -0.15) is 0 Å². The van der Waals surface area contributed by atoms with E-state index < -0.39 is 0 Å². The Bertz CT molecular complexity index is 506. The summed E-state index contributed by atoms with van der Waals surface area (Å²) in [6.07, 6.45) is 3.96. The molecule has 0 aliphatic rings. The van der Waals surface area contributed by atoms with Crippen molar-refractivity contribution in [1.82, 2.24) is 20.6 Å². The van der Waals surface area contributed by atoms with Gasteiger partial charge in [-0.05, 0) is 24.7 Å². The number of carbonyl (C=O) groups is 1.